The van der Waals surface area contributed by atoms with Crippen molar-refractivity contribution in [3.8, 4) is 5.75 Å². The Morgan fingerprint density at radius 2 is 2.12 bits per heavy atom. The van der Waals surface area contributed by atoms with Crippen LogP contribution in [0.1, 0.15) is 24.9 Å². The van der Waals surface area contributed by atoms with Gasteiger partial charge in [-0.1, -0.05) is 12.1 Å². The Balaban J connectivity index is 2.12. The van der Waals surface area contributed by atoms with E-state index < -0.39 is 0 Å². The zero-order valence-corrected chi connectivity index (χ0v) is 9.27. The molecule has 86 valence electrons. The van der Waals surface area contributed by atoms with E-state index in [0.717, 1.165) is 11.3 Å². The highest BCUT2D eigenvalue weighted by Gasteiger charge is 2.30. The Kier molecular flexibility index (Phi) is 3.10. The summed E-state index contributed by atoms with van der Waals surface area (Å²) in [4.78, 5) is 11.2. The van der Waals surface area contributed by atoms with Crippen LogP contribution in [0.5, 0.6) is 5.75 Å². The minimum atomic E-state index is -0.134. The van der Waals surface area contributed by atoms with E-state index in [1.165, 1.54) is 0 Å². The Labute approximate surface area is 94.8 Å². The smallest absolute Gasteiger partial charge is 0.222 e. The lowest BCUT2D eigenvalue weighted by atomic mass is 10.0. The van der Waals surface area contributed by atoms with Gasteiger partial charge in [-0.15, -0.1) is 0 Å². The van der Waals surface area contributed by atoms with Crippen LogP contribution in [0.25, 0.3) is 0 Å². The zero-order valence-electron chi connectivity index (χ0n) is 9.27. The van der Waals surface area contributed by atoms with Crippen molar-refractivity contribution in [1.29, 1.82) is 0 Å². The average molecular weight is 220 g/mol. The normalized spacial score (nSPS) is 24.2. The summed E-state index contributed by atoms with van der Waals surface area (Å²) in [5.41, 5.74) is 6.91. The van der Waals surface area contributed by atoms with Gasteiger partial charge in [0.25, 0.3) is 0 Å². The second-order valence-corrected chi connectivity index (χ2v) is 3.92. The molecule has 0 radical (unpaired) electrons. The first-order chi connectivity index (χ1) is 7.70. The molecule has 1 aliphatic heterocycles. The third kappa shape index (κ3) is 2.17. The fourth-order valence-corrected chi connectivity index (χ4v) is 1.94. The molecular formula is C12H16N2O2. The second-order valence-electron chi connectivity index (χ2n) is 3.92. The molecule has 2 atom stereocenters. The van der Waals surface area contributed by atoms with E-state index in [9.17, 15) is 4.79 Å². The van der Waals surface area contributed by atoms with E-state index in [0.29, 0.717) is 13.0 Å². The van der Waals surface area contributed by atoms with Crippen molar-refractivity contribution >= 4 is 5.91 Å². The van der Waals surface area contributed by atoms with Gasteiger partial charge >= 0.3 is 0 Å². The molecule has 2 rings (SSSR count). The number of hydrogen-bond acceptors (Lipinski definition) is 3. The summed E-state index contributed by atoms with van der Waals surface area (Å²) in [6.45, 7) is 2.60. The quantitative estimate of drug-likeness (QED) is 0.798. The number of carbonyl (C=O) groups excluding carboxylic acids is 1. The monoisotopic (exact) mass is 220 g/mol. The highest BCUT2D eigenvalue weighted by molar-refractivity contribution is 5.80. The molecule has 0 aliphatic carbocycles. The first-order valence-electron chi connectivity index (χ1n) is 5.48. The van der Waals surface area contributed by atoms with Crippen LogP contribution in [0, 0.1) is 0 Å². The van der Waals surface area contributed by atoms with Crippen LogP contribution in [0.2, 0.25) is 0 Å². The molecule has 16 heavy (non-hydrogen) atoms. The first kappa shape index (κ1) is 11.0. The van der Waals surface area contributed by atoms with Crippen molar-refractivity contribution in [3.05, 3.63) is 29.8 Å². The number of amides is 1. The molecule has 1 fully saturated rings. The van der Waals surface area contributed by atoms with E-state index >= 15 is 0 Å². The molecule has 4 nitrogen and oxygen atoms in total. The number of rotatable bonds is 3. The molecule has 1 aliphatic rings. The Bertz CT molecular complexity index is 375. The van der Waals surface area contributed by atoms with Crippen LogP contribution in [0.15, 0.2) is 24.3 Å². The van der Waals surface area contributed by atoms with Crippen molar-refractivity contribution in [2.75, 3.05) is 6.61 Å². The van der Waals surface area contributed by atoms with Crippen molar-refractivity contribution in [2.24, 2.45) is 5.73 Å². The molecule has 1 saturated heterocycles. The molecular weight excluding hydrogens is 204 g/mol. The molecule has 1 amide bonds. The summed E-state index contributed by atoms with van der Waals surface area (Å²) >= 11 is 0. The predicted molar refractivity (Wildman–Crippen MR) is 61.1 cm³/mol. The molecule has 2 unspecified atom stereocenters. The Hall–Kier alpha value is -1.55. The molecule has 0 bridgehead atoms. The van der Waals surface area contributed by atoms with Crippen LogP contribution in [-0.4, -0.2) is 18.6 Å². The third-order valence-electron chi connectivity index (χ3n) is 2.72. The maximum atomic E-state index is 11.2. The van der Waals surface area contributed by atoms with Crippen LogP contribution >= 0.6 is 0 Å². The van der Waals surface area contributed by atoms with Gasteiger partial charge in [-0.3, -0.25) is 4.79 Å². The van der Waals surface area contributed by atoms with Crippen LogP contribution in [0.3, 0.4) is 0 Å². The number of nitrogens with two attached hydrogens (primary N) is 1. The minimum absolute atomic E-state index is 0.0198. The van der Waals surface area contributed by atoms with Crippen molar-refractivity contribution in [3.63, 3.8) is 0 Å². The summed E-state index contributed by atoms with van der Waals surface area (Å²) in [5.74, 6) is 0.857. The molecule has 1 aromatic carbocycles. The van der Waals surface area contributed by atoms with Gasteiger partial charge in [0.2, 0.25) is 5.91 Å². The molecule has 1 heterocycles. The first-order valence-corrected chi connectivity index (χ1v) is 5.48. The molecule has 0 aromatic heterocycles. The van der Waals surface area contributed by atoms with Gasteiger partial charge in [-0.05, 0) is 24.6 Å². The fourth-order valence-electron chi connectivity index (χ4n) is 1.94. The summed E-state index contributed by atoms with van der Waals surface area (Å²) < 4.78 is 5.35. The summed E-state index contributed by atoms with van der Waals surface area (Å²) in [5, 5.41) is 2.87. The maximum Gasteiger partial charge on any atom is 0.222 e. The van der Waals surface area contributed by atoms with Gasteiger partial charge in [-0.25, -0.2) is 0 Å². The highest BCUT2D eigenvalue weighted by atomic mass is 16.5. The molecule has 1 aromatic rings. The Morgan fingerprint density at radius 1 is 1.44 bits per heavy atom. The van der Waals surface area contributed by atoms with E-state index in [4.69, 9.17) is 10.5 Å². The topological polar surface area (TPSA) is 64.3 Å². The van der Waals surface area contributed by atoms with Gasteiger partial charge in [0.15, 0.2) is 0 Å². The average Bonchev–Trinajstić information content (AvgIpc) is 2.59. The van der Waals surface area contributed by atoms with Gasteiger partial charge < -0.3 is 15.8 Å². The molecule has 0 saturated carbocycles. The van der Waals surface area contributed by atoms with Crippen molar-refractivity contribution < 1.29 is 9.53 Å². The second kappa shape index (κ2) is 4.53. The number of hydrogen-bond donors (Lipinski definition) is 2. The highest BCUT2D eigenvalue weighted by Crippen LogP contribution is 2.24. The number of benzene rings is 1. The summed E-state index contributed by atoms with van der Waals surface area (Å²) in [6.07, 6.45) is 0.401. The largest absolute Gasteiger partial charge is 0.494 e. The molecule has 0 spiro atoms. The molecule has 4 heteroatoms. The lowest BCUT2D eigenvalue weighted by molar-refractivity contribution is -0.119. The van der Waals surface area contributed by atoms with E-state index in [1.807, 2.05) is 31.2 Å². The van der Waals surface area contributed by atoms with Crippen LogP contribution < -0.4 is 15.8 Å². The van der Waals surface area contributed by atoms with Gasteiger partial charge in [0.1, 0.15) is 5.75 Å². The third-order valence-corrected chi connectivity index (χ3v) is 2.72. The standard InChI is InChI=1S/C12H16N2O2/c1-2-16-9-5-3-8(4-6-9)12-10(13)7-11(15)14-12/h3-6,10,12H,2,7,13H2,1H3,(H,14,15). The molecule has 3 N–H and O–H groups in total. The van der Waals surface area contributed by atoms with E-state index in [-0.39, 0.29) is 18.0 Å². The lowest BCUT2D eigenvalue weighted by Gasteiger charge is -2.15. The van der Waals surface area contributed by atoms with Crippen LogP contribution in [0.4, 0.5) is 0 Å². The fraction of sp³-hybridized carbons (Fsp3) is 0.417. The maximum absolute atomic E-state index is 11.2. The van der Waals surface area contributed by atoms with Crippen LogP contribution in [-0.2, 0) is 4.79 Å². The number of ether oxygens (including phenoxy) is 1. The lowest BCUT2D eigenvalue weighted by Crippen LogP contribution is -2.28. The number of carbonyl (C=O) groups is 1. The van der Waals surface area contributed by atoms with Gasteiger partial charge in [0.05, 0.1) is 12.6 Å². The van der Waals surface area contributed by atoms with E-state index in [1.54, 1.807) is 0 Å². The van der Waals surface area contributed by atoms with Crippen molar-refractivity contribution in [2.45, 2.75) is 25.4 Å². The number of nitrogens with one attached hydrogen (secondary N) is 1. The van der Waals surface area contributed by atoms with Gasteiger partial charge in [-0.2, -0.15) is 0 Å². The predicted octanol–water partition coefficient (Wildman–Crippen LogP) is 0.974. The SMILES string of the molecule is CCOc1ccc(C2NC(=O)CC2N)cc1. The van der Waals surface area contributed by atoms with Gasteiger partial charge in [0, 0.05) is 12.5 Å². The zero-order chi connectivity index (χ0) is 11.5. The minimum Gasteiger partial charge on any atom is -0.494 e. The Morgan fingerprint density at radius 3 is 2.62 bits per heavy atom. The summed E-state index contributed by atoms with van der Waals surface area (Å²) in [6, 6.07) is 7.49. The van der Waals surface area contributed by atoms with E-state index in [2.05, 4.69) is 5.32 Å². The van der Waals surface area contributed by atoms with Crippen molar-refractivity contribution in [1.82, 2.24) is 5.32 Å². The summed E-state index contributed by atoms with van der Waals surface area (Å²) in [7, 11) is 0.